The molecule has 1 N–H and O–H groups in total. The number of aliphatic hydroxyl groups excluding tert-OH is 1. The summed E-state index contributed by atoms with van der Waals surface area (Å²) in [5, 5.41) is 11.0. The lowest BCUT2D eigenvalue weighted by Crippen LogP contribution is -2.45. The van der Waals surface area contributed by atoms with Crippen molar-refractivity contribution in [1.29, 1.82) is 0 Å². The maximum atomic E-state index is 12.7. The summed E-state index contributed by atoms with van der Waals surface area (Å²) >= 11 is 0. The minimum absolute atomic E-state index is 0.0680. The van der Waals surface area contributed by atoms with Crippen LogP contribution in [0.4, 0.5) is 0 Å². The maximum Gasteiger partial charge on any atom is 0.343 e. The molecule has 5 heteroatoms. The van der Waals surface area contributed by atoms with Gasteiger partial charge in [-0.3, -0.25) is 0 Å². The van der Waals surface area contributed by atoms with E-state index in [9.17, 15) is 9.90 Å². The zero-order valence-electron chi connectivity index (χ0n) is 15.8. The lowest BCUT2D eigenvalue weighted by atomic mass is 9.79. The van der Waals surface area contributed by atoms with Crippen molar-refractivity contribution in [2.45, 2.75) is 70.9 Å². The van der Waals surface area contributed by atoms with Gasteiger partial charge in [0.25, 0.3) is 0 Å². The molecular weight excluding hydrogens is 332 g/mol. The lowest BCUT2D eigenvalue weighted by molar-refractivity contribution is -0.211. The number of aryl methyl sites for hydroxylation is 3. The van der Waals surface area contributed by atoms with Gasteiger partial charge >= 0.3 is 5.97 Å². The van der Waals surface area contributed by atoms with Gasteiger partial charge in [0, 0.05) is 12.8 Å². The predicted octanol–water partition coefficient (Wildman–Crippen LogP) is 3.88. The van der Waals surface area contributed by atoms with E-state index in [1.54, 1.807) is 0 Å². The van der Waals surface area contributed by atoms with Crippen LogP contribution >= 0.6 is 0 Å². The summed E-state index contributed by atoms with van der Waals surface area (Å²) < 4.78 is 17.6. The SMILES string of the molecule is Cc1cc(C)c(C2=C(O)C3(CCC4(CC3)OCC(C)O4)OC2=O)c(C)c1. The Morgan fingerprint density at radius 2 is 1.69 bits per heavy atom. The fourth-order valence-electron chi connectivity index (χ4n) is 4.74. The third kappa shape index (κ3) is 2.57. The molecular formula is C21H26O5. The van der Waals surface area contributed by atoms with Crippen LogP contribution in [0.15, 0.2) is 17.9 Å². The Morgan fingerprint density at radius 1 is 1.08 bits per heavy atom. The average Bonchev–Trinajstić information content (AvgIpc) is 3.03. The summed E-state index contributed by atoms with van der Waals surface area (Å²) in [5.41, 5.74) is 3.24. The number of hydrogen-bond donors (Lipinski definition) is 1. The Hall–Kier alpha value is -1.85. The zero-order chi connectivity index (χ0) is 18.7. The molecule has 2 aliphatic heterocycles. The van der Waals surface area contributed by atoms with Gasteiger partial charge in [-0.25, -0.2) is 4.79 Å². The molecule has 4 rings (SSSR count). The molecule has 1 aromatic carbocycles. The number of esters is 1. The van der Waals surface area contributed by atoms with E-state index in [4.69, 9.17) is 14.2 Å². The third-order valence-electron chi connectivity index (χ3n) is 5.90. The first kappa shape index (κ1) is 17.6. The van der Waals surface area contributed by atoms with Crippen LogP contribution in [0.3, 0.4) is 0 Å². The van der Waals surface area contributed by atoms with E-state index in [0.717, 1.165) is 22.3 Å². The van der Waals surface area contributed by atoms with Crippen molar-refractivity contribution >= 4 is 11.5 Å². The second kappa shape index (κ2) is 5.83. The highest BCUT2D eigenvalue weighted by Crippen LogP contribution is 2.50. The highest BCUT2D eigenvalue weighted by Gasteiger charge is 2.56. The van der Waals surface area contributed by atoms with E-state index in [0.29, 0.717) is 37.9 Å². The normalized spacial score (nSPS) is 34.2. The Kier molecular flexibility index (Phi) is 3.93. The molecule has 140 valence electrons. The van der Waals surface area contributed by atoms with Crippen LogP contribution in [0.1, 0.15) is 54.9 Å². The Morgan fingerprint density at radius 3 is 2.23 bits per heavy atom. The van der Waals surface area contributed by atoms with Crippen molar-refractivity contribution in [3.63, 3.8) is 0 Å². The van der Waals surface area contributed by atoms with Gasteiger partial charge in [0.05, 0.1) is 12.7 Å². The topological polar surface area (TPSA) is 65.0 Å². The van der Waals surface area contributed by atoms with E-state index >= 15 is 0 Å². The van der Waals surface area contributed by atoms with Crippen molar-refractivity contribution < 1.29 is 24.1 Å². The molecule has 2 fully saturated rings. The number of carbonyl (C=O) groups is 1. The van der Waals surface area contributed by atoms with Gasteiger partial charge in [0.2, 0.25) is 0 Å². The summed E-state index contributed by atoms with van der Waals surface area (Å²) in [6, 6.07) is 4.05. The molecule has 0 bridgehead atoms. The second-order valence-electron chi connectivity index (χ2n) is 8.03. The summed E-state index contributed by atoms with van der Waals surface area (Å²) in [4.78, 5) is 12.7. The first-order chi connectivity index (χ1) is 12.3. The minimum Gasteiger partial charge on any atom is -0.507 e. The fourth-order valence-corrected chi connectivity index (χ4v) is 4.74. The molecule has 1 aliphatic carbocycles. The van der Waals surface area contributed by atoms with Gasteiger partial charge in [-0.2, -0.15) is 0 Å². The van der Waals surface area contributed by atoms with Crippen molar-refractivity contribution in [2.75, 3.05) is 6.61 Å². The van der Waals surface area contributed by atoms with E-state index in [1.807, 2.05) is 39.8 Å². The monoisotopic (exact) mass is 358 g/mol. The lowest BCUT2D eigenvalue weighted by Gasteiger charge is -2.40. The van der Waals surface area contributed by atoms with Crippen molar-refractivity contribution in [3.05, 3.63) is 40.1 Å². The summed E-state index contributed by atoms with van der Waals surface area (Å²) in [6.07, 6.45) is 2.30. The van der Waals surface area contributed by atoms with E-state index < -0.39 is 17.4 Å². The third-order valence-corrected chi connectivity index (χ3v) is 5.90. The van der Waals surface area contributed by atoms with Gasteiger partial charge in [0.15, 0.2) is 17.1 Å². The highest BCUT2D eigenvalue weighted by atomic mass is 16.7. The average molecular weight is 358 g/mol. The molecule has 3 aliphatic rings. The predicted molar refractivity (Wildman–Crippen MR) is 96.7 cm³/mol. The van der Waals surface area contributed by atoms with E-state index in [2.05, 4.69) is 0 Å². The van der Waals surface area contributed by atoms with Crippen molar-refractivity contribution in [3.8, 4) is 0 Å². The highest BCUT2D eigenvalue weighted by molar-refractivity contribution is 6.20. The van der Waals surface area contributed by atoms with Crippen LogP contribution < -0.4 is 0 Å². The van der Waals surface area contributed by atoms with Crippen LogP contribution in [0.25, 0.3) is 5.57 Å². The Bertz CT molecular complexity index is 776. The van der Waals surface area contributed by atoms with Gasteiger partial charge in [-0.1, -0.05) is 17.7 Å². The van der Waals surface area contributed by atoms with E-state index in [-0.39, 0.29) is 11.9 Å². The molecule has 0 radical (unpaired) electrons. The van der Waals surface area contributed by atoms with Crippen LogP contribution in [0.5, 0.6) is 0 Å². The molecule has 1 unspecified atom stereocenters. The summed E-state index contributed by atoms with van der Waals surface area (Å²) in [7, 11) is 0. The largest absolute Gasteiger partial charge is 0.507 e. The second-order valence-corrected chi connectivity index (χ2v) is 8.03. The van der Waals surface area contributed by atoms with Gasteiger partial charge in [-0.15, -0.1) is 0 Å². The van der Waals surface area contributed by atoms with E-state index in [1.165, 1.54) is 0 Å². The molecule has 0 aromatic heterocycles. The number of carbonyl (C=O) groups excluding carboxylic acids is 1. The molecule has 2 spiro atoms. The Labute approximate surface area is 153 Å². The standard InChI is InChI=1S/C21H26O5/c1-12-9-13(2)16(14(3)10-12)17-18(22)20(26-19(17)23)5-7-21(8-6-20)24-11-15(4)25-21/h9-10,15,22H,5-8,11H2,1-4H3. The van der Waals surface area contributed by atoms with Crippen LogP contribution in [0.2, 0.25) is 0 Å². The van der Waals surface area contributed by atoms with Crippen LogP contribution in [0, 0.1) is 20.8 Å². The first-order valence-electron chi connectivity index (χ1n) is 9.32. The van der Waals surface area contributed by atoms with Gasteiger partial charge in [0.1, 0.15) is 5.57 Å². The fraction of sp³-hybridized carbons (Fsp3) is 0.571. The molecule has 1 saturated heterocycles. The molecule has 0 amide bonds. The number of aliphatic hydroxyl groups is 1. The van der Waals surface area contributed by atoms with Crippen molar-refractivity contribution in [1.82, 2.24) is 0 Å². The summed E-state index contributed by atoms with van der Waals surface area (Å²) in [5.74, 6) is -0.955. The van der Waals surface area contributed by atoms with Crippen molar-refractivity contribution in [2.24, 2.45) is 0 Å². The van der Waals surface area contributed by atoms with Gasteiger partial charge < -0.3 is 19.3 Å². The number of rotatable bonds is 1. The molecule has 1 aromatic rings. The van der Waals surface area contributed by atoms with Crippen LogP contribution in [-0.4, -0.2) is 35.2 Å². The first-order valence-corrected chi connectivity index (χ1v) is 9.32. The molecule has 5 nitrogen and oxygen atoms in total. The molecule has 1 atom stereocenters. The van der Waals surface area contributed by atoms with Gasteiger partial charge in [-0.05, 0) is 57.2 Å². The maximum absolute atomic E-state index is 12.7. The zero-order valence-corrected chi connectivity index (χ0v) is 15.8. The minimum atomic E-state index is -0.944. The number of ether oxygens (including phenoxy) is 3. The number of hydrogen-bond acceptors (Lipinski definition) is 5. The van der Waals surface area contributed by atoms with Crippen LogP contribution in [-0.2, 0) is 19.0 Å². The number of benzene rings is 1. The Balaban J connectivity index is 1.68. The molecule has 2 heterocycles. The quantitative estimate of drug-likeness (QED) is 0.772. The molecule has 26 heavy (non-hydrogen) atoms. The molecule has 1 saturated carbocycles. The smallest absolute Gasteiger partial charge is 0.343 e. The summed E-state index contributed by atoms with van der Waals surface area (Å²) in [6.45, 7) is 8.53.